The van der Waals surface area contributed by atoms with Crippen molar-refractivity contribution < 1.29 is 9.53 Å². The van der Waals surface area contributed by atoms with Gasteiger partial charge in [0.1, 0.15) is 5.75 Å². The Morgan fingerprint density at radius 2 is 2.08 bits per heavy atom. The number of para-hydroxylation sites is 1. The molecule has 1 aliphatic rings. The number of anilines is 1. The number of ether oxygens (including phenoxy) is 1. The Labute approximate surface area is 148 Å². The van der Waals surface area contributed by atoms with Crippen LogP contribution in [0.2, 0.25) is 0 Å². The summed E-state index contributed by atoms with van der Waals surface area (Å²) < 4.78 is 5.71. The van der Waals surface area contributed by atoms with E-state index in [0.29, 0.717) is 6.54 Å². The summed E-state index contributed by atoms with van der Waals surface area (Å²) in [5.41, 5.74) is 2.08. The van der Waals surface area contributed by atoms with E-state index < -0.39 is 0 Å². The zero-order chi connectivity index (χ0) is 17.6. The van der Waals surface area contributed by atoms with Crippen molar-refractivity contribution in [1.82, 2.24) is 15.5 Å². The van der Waals surface area contributed by atoms with Crippen molar-refractivity contribution in [3.8, 4) is 5.75 Å². The van der Waals surface area contributed by atoms with Gasteiger partial charge in [-0.15, -0.1) is 5.10 Å². The molecule has 1 N–H and O–H groups in total. The van der Waals surface area contributed by atoms with E-state index >= 15 is 0 Å². The summed E-state index contributed by atoms with van der Waals surface area (Å²) >= 11 is 0. The van der Waals surface area contributed by atoms with E-state index in [0.717, 1.165) is 42.1 Å². The Balaban J connectivity index is 1.50. The lowest BCUT2D eigenvalue weighted by Crippen LogP contribution is -2.42. The molecule has 1 amide bonds. The van der Waals surface area contributed by atoms with Crippen molar-refractivity contribution in [2.45, 2.75) is 32.7 Å². The second kappa shape index (κ2) is 7.96. The van der Waals surface area contributed by atoms with Crippen LogP contribution in [0.25, 0.3) is 0 Å². The number of benzene rings is 1. The van der Waals surface area contributed by atoms with E-state index in [9.17, 15) is 4.79 Å². The van der Waals surface area contributed by atoms with E-state index in [-0.39, 0.29) is 18.6 Å². The fourth-order valence-electron chi connectivity index (χ4n) is 3.24. The fourth-order valence-corrected chi connectivity index (χ4v) is 3.24. The maximum Gasteiger partial charge on any atom is 0.258 e. The Morgan fingerprint density at radius 1 is 1.28 bits per heavy atom. The van der Waals surface area contributed by atoms with Gasteiger partial charge in [-0.3, -0.25) is 4.79 Å². The average Bonchev–Trinajstić information content (AvgIpc) is 3.09. The molecular weight excluding hydrogens is 316 g/mol. The summed E-state index contributed by atoms with van der Waals surface area (Å²) in [4.78, 5) is 14.4. The molecule has 1 aromatic carbocycles. The van der Waals surface area contributed by atoms with Crippen molar-refractivity contribution in [3.63, 3.8) is 0 Å². The van der Waals surface area contributed by atoms with Crippen molar-refractivity contribution in [2.24, 2.45) is 0 Å². The van der Waals surface area contributed by atoms with Gasteiger partial charge in [-0.05, 0) is 49.9 Å². The first-order valence-electron chi connectivity index (χ1n) is 8.65. The van der Waals surface area contributed by atoms with Crippen LogP contribution in [0.1, 0.15) is 24.0 Å². The molecule has 6 nitrogen and oxygen atoms in total. The maximum atomic E-state index is 12.2. The second-order valence-corrected chi connectivity index (χ2v) is 6.38. The smallest absolute Gasteiger partial charge is 0.258 e. The molecule has 0 unspecified atom stereocenters. The van der Waals surface area contributed by atoms with Crippen LogP contribution in [0.5, 0.6) is 5.75 Å². The van der Waals surface area contributed by atoms with Gasteiger partial charge < -0.3 is 15.0 Å². The monoisotopic (exact) mass is 340 g/mol. The van der Waals surface area contributed by atoms with Gasteiger partial charge in [0.2, 0.25) is 0 Å². The van der Waals surface area contributed by atoms with Crippen LogP contribution in [-0.4, -0.2) is 41.8 Å². The lowest BCUT2D eigenvalue weighted by molar-refractivity contribution is -0.123. The number of amides is 1. The quantitative estimate of drug-likeness (QED) is 0.874. The highest BCUT2D eigenvalue weighted by atomic mass is 16.5. The van der Waals surface area contributed by atoms with Crippen LogP contribution >= 0.6 is 0 Å². The first-order valence-corrected chi connectivity index (χ1v) is 8.65. The number of hydrogen-bond donors (Lipinski definition) is 1. The van der Waals surface area contributed by atoms with E-state index in [2.05, 4.69) is 20.4 Å². The minimum atomic E-state index is -0.103. The minimum Gasteiger partial charge on any atom is -0.483 e. The predicted octanol–water partition coefficient (Wildman–Crippen LogP) is 2.26. The molecule has 0 aliphatic carbocycles. The van der Waals surface area contributed by atoms with Gasteiger partial charge >= 0.3 is 0 Å². The molecule has 1 fully saturated rings. The Hall–Kier alpha value is -2.63. The third-order valence-electron chi connectivity index (χ3n) is 4.52. The van der Waals surface area contributed by atoms with Crippen LogP contribution in [0.4, 0.5) is 5.82 Å². The van der Waals surface area contributed by atoms with Gasteiger partial charge in [0.05, 0.1) is 0 Å². The highest BCUT2D eigenvalue weighted by Gasteiger charge is 2.26. The van der Waals surface area contributed by atoms with Crippen LogP contribution in [0.3, 0.4) is 0 Å². The van der Waals surface area contributed by atoms with Gasteiger partial charge in [-0.2, -0.15) is 5.10 Å². The lowest BCUT2D eigenvalue weighted by Gasteiger charge is -2.25. The van der Waals surface area contributed by atoms with E-state index in [1.807, 2.05) is 44.2 Å². The number of aromatic nitrogens is 2. The molecule has 0 spiro atoms. The standard InChI is InChI=1S/C19H24N4O2/c1-14-6-3-7-15(2)19(14)25-13-18(24)20-12-16-8-5-11-23(16)17-9-4-10-21-22-17/h3-4,6-7,9-10,16H,5,8,11-13H2,1-2H3,(H,20,24)/t16-/m1/s1. The summed E-state index contributed by atoms with van der Waals surface area (Å²) in [6.07, 6.45) is 3.80. The molecule has 0 radical (unpaired) electrons. The number of hydrogen-bond acceptors (Lipinski definition) is 5. The number of nitrogens with zero attached hydrogens (tertiary/aromatic N) is 3. The molecule has 0 saturated carbocycles. The van der Waals surface area contributed by atoms with Crippen LogP contribution in [-0.2, 0) is 4.79 Å². The summed E-state index contributed by atoms with van der Waals surface area (Å²) in [6, 6.07) is 10.0. The topological polar surface area (TPSA) is 67.3 Å². The molecule has 0 bridgehead atoms. The second-order valence-electron chi connectivity index (χ2n) is 6.38. The third kappa shape index (κ3) is 4.26. The largest absolute Gasteiger partial charge is 0.483 e. The average molecular weight is 340 g/mol. The normalized spacial score (nSPS) is 16.7. The van der Waals surface area contributed by atoms with Crippen LogP contribution < -0.4 is 15.0 Å². The highest BCUT2D eigenvalue weighted by Crippen LogP contribution is 2.23. The molecular formula is C19H24N4O2. The zero-order valence-electron chi connectivity index (χ0n) is 14.7. The Bertz CT molecular complexity index is 700. The molecule has 1 aliphatic heterocycles. The van der Waals surface area contributed by atoms with Crippen molar-refractivity contribution in [3.05, 3.63) is 47.7 Å². The van der Waals surface area contributed by atoms with Crippen molar-refractivity contribution in [1.29, 1.82) is 0 Å². The van der Waals surface area contributed by atoms with Crippen LogP contribution in [0, 0.1) is 13.8 Å². The summed E-state index contributed by atoms with van der Waals surface area (Å²) in [5.74, 6) is 1.55. The maximum absolute atomic E-state index is 12.2. The minimum absolute atomic E-state index is 0.0313. The van der Waals surface area contributed by atoms with Gasteiger partial charge in [0.15, 0.2) is 12.4 Å². The molecule has 2 aromatic rings. The van der Waals surface area contributed by atoms with Crippen molar-refractivity contribution >= 4 is 11.7 Å². The van der Waals surface area contributed by atoms with Gasteiger partial charge in [0.25, 0.3) is 5.91 Å². The first kappa shape index (κ1) is 17.2. The van der Waals surface area contributed by atoms with E-state index in [1.165, 1.54) is 0 Å². The molecule has 25 heavy (non-hydrogen) atoms. The lowest BCUT2D eigenvalue weighted by atomic mass is 10.1. The molecule has 6 heteroatoms. The third-order valence-corrected chi connectivity index (χ3v) is 4.52. The SMILES string of the molecule is Cc1cccc(C)c1OCC(=O)NC[C@H]1CCCN1c1cccnn1. The first-order chi connectivity index (χ1) is 12.1. The van der Waals surface area contributed by atoms with Gasteiger partial charge in [-0.1, -0.05) is 18.2 Å². The molecule has 1 saturated heterocycles. The van der Waals surface area contributed by atoms with Gasteiger partial charge in [-0.25, -0.2) is 0 Å². The molecule has 3 rings (SSSR count). The van der Waals surface area contributed by atoms with E-state index in [4.69, 9.17) is 4.74 Å². The number of carbonyl (C=O) groups excluding carboxylic acids is 1. The summed E-state index contributed by atoms with van der Waals surface area (Å²) in [5, 5.41) is 11.1. The molecule has 132 valence electrons. The summed E-state index contributed by atoms with van der Waals surface area (Å²) in [6.45, 7) is 5.53. The van der Waals surface area contributed by atoms with Gasteiger partial charge in [0, 0.05) is 25.3 Å². The summed E-state index contributed by atoms with van der Waals surface area (Å²) in [7, 11) is 0. The molecule has 2 heterocycles. The highest BCUT2D eigenvalue weighted by molar-refractivity contribution is 5.77. The number of nitrogens with one attached hydrogen (secondary N) is 1. The number of carbonyl (C=O) groups is 1. The molecule has 1 atom stereocenters. The number of aryl methyl sites for hydroxylation is 2. The Kier molecular flexibility index (Phi) is 5.48. The van der Waals surface area contributed by atoms with Crippen molar-refractivity contribution in [2.75, 3.05) is 24.6 Å². The Morgan fingerprint density at radius 3 is 2.80 bits per heavy atom. The fraction of sp³-hybridized carbons (Fsp3) is 0.421. The van der Waals surface area contributed by atoms with E-state index in [1.54, 1.807) is 6.20 Å². The number of rotatable bonds is 6. The van der Waals surface area contributed by atoms with Crippen LogP contribution in [0.15, 0.2) is 36.5 Å². The molecule has 1 aromatic heterocycles. The zero-order valence-corrected chi connectivity index (χ0v) is 14.7. The predicted molar refractivity (Wildman–Crippen MR) is 96.8 cm³/mol.